The molecule has 0 saturated carbocycles. The minimum Gasteiger partial charge on any atom is -0.333 e. The molecular weight excluding hydrogens is 131 g/mol. The van der Waals surface area contributed by atoms with Crippen LogP contribution in [0.25, 0.3) is 0 Å². The Hall–Kier alpha value is -0.730. The van der Waals surface area contributed by atoms with E-state index in [0.29, 0.717) is 0 Å². The van der Waals surface area contributed by atoms with Crippen LogP contribution in [0.1, 0.15) is 13.8 Å². The van der Waals surface area contributed by atoms with Gasteiger partial charge in [0.15, 0.2) is 0 Å². The van der Waals surface area contributed by atoms with Crippen LogP contribution >= 0.6 is 0 Å². The molecule has 10 heavy (non-hydrogen) atoms. The van der Waals surface area contributed by atoms with E-state index in [1.54, 1.807) is 29.2 Å². The Morgan fingerprint density at radius 1 is 1.40 bits per heavy atom. The molecule has 0 aromatic heterocycles. The summed E-state index contributed by atoms with van der Waals surface area (Å²) < 4.78 is 13.0. The first-order valence-corrected chi connectivity index (χ1v) is 3.44. The lowest BCUT2D eigenvalue weighted by atomic mass is 10.4. The first-order chi connectivity index (χ1) is 4.63. The summed E-state index contributed by atoms with van der Waals surface area (Å²) in [5.41, 5.74) is 0. The van der Waals surface area contributed by atoms with Crippen LogP contribution in [0.2, 0.25) is 0 Å². The molecule has 0 amide bonds. The lowest BCUT2D eigenvalue weighted by Gasteiger charge is -2.26. The van der Waals surface area contributed by atoms with Gasteiger partial charge in [0.1, 0.15) is 0 Å². The highest BCUT2D eigenvalue weighted by molar-refractivity contribution is 4.92. The summed E-state index contributed by atoms with van der Waals surface area (Å²) in [5, 5.41) is 0. The molecule has 1 heterocycles. The topological polar surface area (TPSA) is 6.48 Å². The van der Waals surface area contributed by atoms with Gasteiger partial charge >= 0.3 is 0 Å². The maximum atomic E-state index is 13.0. The zero-order valence-electron chi connectivity index (χ0n) is 6.58. The first kappa shape index (κ1) is 7.38. The van der Waals surface area contributed by atoms with Crippen molar-refractivity contribution in [2.45, 2.75) is 26.3 Å². The van der Waals surface area contributed by atoms with Crippen LogP contribution < -0.4 is 0 Å². The van der Waals surface area contributed by atoms with Crippen LogP contribution in [-0.4, -0.2) is 29.3 Å². The van der Waals surface area contributed by atoms with Crippen LogP contribution in [-0.2, 0) is 0 Å². The summed E-state index contributed by atoms with van der Waals surface area (Å²) in [5.74, 6) is 0. The average molecular weight is 144 g/mol. The van der Waals surface area contributed by atoms with Crippen molar-refractivity contribution in [2.24, 2.45) is 0 Å². The van der Waals surface area contributed by atoms with E-state index in [1.165, 1.54) is 0 Å². The maximum Gasteiger partial charge on any atom is 0.249 e. The van der Waals surface area contributed by atoms with Crippen molar-refractivity contribution in [1.29, 1.82) is 0 Å². The van der Waals surface area contributed by atoms with E-state index in [2.05, 4.69) is 0 Å². The summed E-state index contributed by atoms with van der Waals surface area (Å²) >= 11 is 0. The van der Waals surface area contributed by atoms with E-state index in [-0.39, 0.29) is 6.04 Å². The maximum absolute atomic E-state index is 13.0. The van der Waals surface area contributed by atoms with E-state index in [0.717, 1.165) is 0 Å². The highest BCUT2D eigenvalue weighted by Crippen LogP contribution is 2.17. The molecule has 3 heteroatoms. The molecule has 0 fully saturated rings. The second kappa shape index (κ2) is 2.48. The van der Waals surface area contributed by atoms with Crippen molar-refractivity contribution in [3.63, 3.8) is 0 Å². The predicted molar refractivity (Wildman–Crippen MR) is 38.8 cm³/mol. The average Bonchev–Trinajstić information content (AvgIpc) is 2.14. The molecule has 2 nitrogen and oxygen atoms in total. The van der Waals surface area contributed by atoms with Gasteiger partial charge in [0.2, 0.25) is 6.42 Å². The molecule has 1 rings (SSSR count). The Bertz CT molecular complexity index is 145. The van der Waals surface area contributed by atoms with Gasteiger partial charge < -0.3 is 9.80 Å². The van der Waals surface area contributed by atoms with Gasteiger partial charge in [0.05, 0.1) is 0 Å². The van der Waals surface area contributed by atoms with Gasteiger partial charge in [-0.2, -0.15) is 4.39 Å². The molecule has 1 aliphatic rings. The van der Waals surface area contributed by atoms with E-state index in [4.69, 9.17) is 0 Å². The second-order valence-corrected chi connectivity index (χ2v) is 2.82. The van der Waals surface area contributed by atoms with Gasteiger partial charge in [-0.05, 0) is 13.8 Å². The van der Waals surface area contributed by atoms with Crippen LogP contribution in [0.3, 0.4) is 0 Å². The molecule has 1 atom stereocenters. The second-order valence-electron chi connectivity index (χ2n) is 2.82. The fourth-order valence-electron chi connectivity index (χ4n) is 0.953. The van der Waals surface area contributed by atoms with E-state index in [9.17, 15) is 4.39 Å². The largest absolute Gasteiger partial charge is 0.333 e. The molecule has 1 unspecified atom stereocenters. The lowest BCUT2D eigenvalue weighted by Crippen LogP contribution is -2.36. The third-order valence-electron chi connectivity index (χ3n) is 1.65. The van der Waals surface area contributed by atoms with Crippen LogP contribution in [0.5, 0.6) is 0 Å². The summed E-state index contributed by atoms with van der Waals surface area (Å²) in [6.45, 7) is 3.94. The summed E-state index contributed by atoms with van der Waals surface area (Å²) in [7, 11) is 1.73. The molecule has 1 aliphatic heterocycles. The lowest BCUT2D eigenvalue weighted by molar-refractivity contribution is 0.0265. The number of alkyl halides is 1. The smallest absolute Gasteiger partial charge is 0.249 e. The van der Waals surface area contributed by atoms with E-state index < -0.39 is 6.42 Å². The fraction of sp³-hybridized carbons (Fsp3) is 0.714. The summed E-state index contributed by atoms with van der Waals surface area (Å²) in [6, 6.07) is 0.233. The summed E-state index contributed by atoms with van der Waals surface area (Å²) in [4.78, 5) is 3.21. The van der Waals surface area contributed by atoms with Crippen molar-refractivity contribution in [1.82, 2.24) is 9.80 Å². The first-order valence-electron chi connectivity index (χ1n) is 3.44. The molecule has 0 N–H and O–H groups in total. The Morgan fingerprint density at radius 3 is 2.20 bits per heavy atom. The monoisotopic (exact) mass is 144 g/mol. The number of hydrogen-bond acceptors (Lipinski definition) is 2. The third-order valence-corrected chi connectivity index (χ3v) is 1.65. The highest BCUT2D eigenvalue weighted by atomic mass is 19.1. The fourth-order valence-corrected chi connectivity index (χ4v) is 0.953. The number of halogens is 1. The van der Waals surface area contributed by atoms with Crippen molar-refractivity contribution in [3.05, 3.63) is 12.4 Å². The Morgan fingerprint density at radius 2 is 2.00 bits per heavy atom. The van der Waals surface area contributed by atoms with Gasteiger partial charge in [-0.3, -0.25) is 0 Å². The minimum atomic E-state index is -0.972. The van der Waals surface area contributed by atoms with E-state index in [1.807, 2.05) is 13.8 Å². The number of rotatable bonds is 1. The summed E-state index contributed by atoms with van der Waals surface area (Å²) in [6.07, 6.45) is 2.54. The molecule has 0 spiro atoms. The number of hydrogen-bond donors (Lipinski definition) is 0. The highest BCUT2D eigenvalue weighted by Gasteiger charge is 2.23. The minimum absolute atomic E-state index is 0.233. The van der Waals surface area contributed by atoms with Gasteiger partial charge in [-0.15, -0.1) is 0 Å². The number of nitrogens with zero attached hydrogens (tertiary/aromatic N) is 2. The Kier molecular flexibility index (Phi) is 1.83. The van der Waals surface area contributed by atoms with Gasteiger partial charge in [-0.25, -0.2) is 0 Å². The van der Waals surface area contributed by atoms with E-state index >= 15 is 0 Å². The molecular formula is C7H13FN2. The SMILES string of the molecule is CC(C)N1C=CN(C)C1F. The van der Waals surface area contributed by atoms with Crippen LogP contribution in [0, 0.1) is 0 Å². The standard InChI is InChI=1S/C7H13FN2/c1-6(2)10-5-4-9(3)7(10)8/h4-7H,1-3H3. The van der Waals surface area contributed by atoms with Crippen molar-refractivity contribution >= 4 is 0 Å². The molecule has 0 aliphatic carbocycles. The van der Waals surface area contributed by atoms with Crippen LogP contribution in [0.4, 0.5) is 4.39 Å². The molecule has 0 aromatic carbocycles. The van der Waals surface area contributed by atoms with Gasteiger partial charge in [0, 0.05) is 25.5 Å². The Balaban J connectivity index is 2.58. The molecule has 0 radical (unpaired) electrons. The van der Waals surface area contributed by atoms with Gasteiger partial charge in [-0.1, -0.05) is 0 Å². The molecule has 58 valence electrons. The molecule has 0 aromatic rings. The third kappa shape index (κ3) is 1.08. The zero-order valence-corrected chi connectivity index (χ0v) is 6.58. The van der Waals surface area contributed by atoms with Crippen molar-refractivity contribution < 1.29 is 4.39 Å². The normalized spacial score (nSPS) is 25.1. The molecule has 0 bridgehead atoms. The predicted octanol–water partition coefficient (Wildman–Crippen LogP) is 1.37. The van der Waals surface area contributed by atoms with Crippen LogP contribution in [0.15, 0.2) is 12.4 Å². The van der Waals surface area contributed by atoms with Gasteiger partial charge in [0.25, 0.3) is 0 Å². The molecule has 0 saturated heterocycles. The van der Waals surface area contributed by atoms with Crippen molar-refractivity contribution in [3.8, 4) is 0 Å². The Labute approximate surface area is 60.9 Å². The van der Waals surface area contributed by atoms with Crippen molar-refractivity contribution in [2.75, 3.05) is 7.05 Å². The zero-order chi connectivity index (χ0) is 7.72. The quantitative estimate of drug-likeness (QED) is 0.513.